The molecule has 1 aromatic heterocycles. The maximum atomic E-state index is 13.5. The molecule has 0 saturated heterocycles. The molecule has 0 aliphatic carbocycles. The highest BCUT2D eigenvalue weighted by atomic mass is 16.2. The van der Waals surface area contributed by atoms with E-state index in [1.165, 1.54) is 5.56 Å². The second-order valence-electron chi connectivity index (χ2n) is 7.67. The number of hydrogen-bond donors (Lipinski definition) is 1. The van der Waals surface area contributed by atoms with Gasteiger partial charge in [0.2, 0.25) is 0 Å². The third kappa shape index (κ3) is 3.26. The van der Waals surface area contributed by atoms with Crippen LogP contribution in [0.1, 0.15) is 28.4 Å². The average Bonchev–Trinajstić information content (AvgIpc) is 3.20. The van der Waals surface area contributed by atoms with Crippen molar-refractivity contribution in [1.82, 2.24) is 9.47 Å². The molecule has 30 heavy (non-hydrogen) atoms. The number of nitrogens with zero attached hydrogens (tertiary/aromatic N) is 2. The van der Waals surface area contributed by atoms with Gasteiger partial charge < -0.3 is 14.8 Å². The first kappa shape index (κ1) is 18.3. The number of hydrogen-bond acceptors (Lipinski definition) is 1. The summed E-state index contributed by atoms with van der Waals surface area (Å²) in [6.07, 6.45) is 2.08. The van der Waals surface area contributed by atoms with Gasteiger partial charge >= 0.3 is 6.03 Å². The second kappa shape index (κ2) is 7.56. The van der Waals surface area contributed by atoms with Crippen LogP contribution in [-0.4, -0.2) is 15.5 Å². The van der Waals surface area contributed by atoms with Gasteiger partial charge in [-0.25, -0.2) is 4.79 Å². The van der Waals surface area contributed by atoms with Crippen LogP contribution in [0.5, 0.6) is 0 Å². The molecule has 148 valence electrons. The van der Waals surface area contributed by atoms with Crippen LogP contribution in [-0.2, 0) is 6.54 Å². The Morgan fingerprint density at radius 3 is 2.40 bits per heavy atom. The lowest BCUT2D eigenvalue weighted by molar-refractivity contribution is 0.194. The molecular weight excluding hydrogens is 370 g/mol. The van der Waals surface area contributed by atoms with Crippen molar-refractivity contribution < 1.29 is 4.79 Å². The Morgan fingerprint density at radius 2 is 1.60 bits per heavy atom. The first-order valence-electron chi connectivity index (χ1n) is 10.2. The minimum Gasteiger partial charge on any atom is -0.318 e. The summed E-state index contributed by atoms with van der Waals surface area (Å²) < 4.78 is 2.20. The first-order valence-corrected chi connectivity index (χ1v) is 10.2. The smallest absolute Gasteiger partial charge is 0.318 e. The third-order valence-electron chi connectivity index (χ3n) is 5.64. The minimum atomic E-state index is -0.197. The van der Waals surface area contributed by atoms with Crippen LogP contribution < -0.4 is 5.32 Å². The summed E-state index contributed by atoms with van der Waals surface area (Å²) in [5.74, 6) is 0. The van der Waals surface area contributed by atoms with E-state index in [-0.39, 0.29) is 12.1 Å². The highest BCUT2D eigenvalue weighted by molar-refractivity contribution is 5.90. The van der Waals surface area contributed by atoms with Gasteiger partial charge in [0.25, 0.3) is 0 Å². The van der Waals surface area contributed by atoms with E-state index < -0.39 is 0 Å². The van der Waals surface area contributed by atoms with Crippen LogP contribution in [0, 0.1) is 6.92 Å². The van der Waals surface area contributed by atoms with Gasteiger partial charge in [0, 0.05) is 17.6 Å². The molecule has 2 heterocycles. The number of benzene rings is 3. The second-order valence-corrected chi connectivity index (χ2v) is 7.67. The van der Waals surface area contributed by atoms with Crippen molar-refractivity contribution in [2.45, 2.75) is 19.5 Å². The zero-order valence-corrected chi connectivity index (χ0v) is 16.8. The third-order valence-corrected chi connectivity index (χ3v) is 5.64. The molecule has 4 heteroatoms. The summed E-state index contributed by atoms with van der Waals surface area (Å²) in [5, 5.41) is 3.08. The van der Waals surface area contributed by atoms with Gasteiger partial charge in [-0.3, -0.25) is 0 Å². The molecule has 1 atom stereocenters. The molecule has 0 saturated carbocycles. The van der Waals surface area contributed by atoms with Crippen LogP contribution in [0.3, 0.4) is 0 Å². The largest absolute Gasteiger partial charge is 0.322 e. The van der Waals surface area contributed by atoms with E-state index in [0.29, 0.717) is 6.54 Å². The number of fused-ring (bicyclic) bond motifs is 3. The SMILES string of the molecule is Cc1ccc([C@H]2c3cccn3-c3ccccc3CN2C(=O)Nc2ccccc2)cc1. The number of rotatable bonds is 2. The maximum absolute atomic E-state index is 13.5. The zero-order valence-electron chi connectivity index (χ0n) is 16.8. The van der Waals surface area contributed by atoms with E-state index in [1.807, 2.05) is 53.4 Å². The molecule has 1 N–H and O–H groups in total. The Labute approximate surface area is 176 Å². The number of para-hydroxylation sites is 2. The molecule has 3 aromatic carbocycles. The molecule has 0 unspecified atom stereocenters. The molecule has 1 aliphatic heterocycles. The van der Waals surface area contributed by atoms with Gasteiger partial charge in [-0.05, 0) is 48.4 Å². The highest BCUT2D eigenvalue weighted by Gasteiger charge is 2.32. The lowest BCUT2D eigenvalue weighted by atomic mass is 10.0. The number of aryl methyl sites for hydroxylation is 1. The Balaban J connectivity index is 1.64. The summed E-state index contributed by atoms with van der Waals surface area (Å²) in [5.41, 5.74) is 6.39. The summed E-state index contributed by atoms with van der Waals surface area (Å²) in [6, 6.07) is 30.2. The van der Waals surface area contributed by atoms with E-state index in [0.717, 1.165) is 28.2 Å². The molecule has 5 rings (SSSR count). The van der Waals surface area contributed by atoms with Crippen LogP contribution in [0.25, 0.3) is 5.69 Å². The Hall–Kier alpha value is -3.79. The number of urea groups is 1. The van der Waals surface area contributed by atoms with E-state index in [4.69, 9.17) is 0 Å². The Bertz CT molecular complexity index is 1180. The number of anilines is 1. The lowest BCUT2D eigenvalue weighted by Gasteiger charge is -2.31. The molecule has 4 nitrogen and oxygen atoms in total. The van der Waals surface area contributed by atoms with E-state index in [1.54, 1.807) is 0 Å². The summed E-state index contributed by atoms with van der Waals surface area (Å²) in [4.78, 5) is 15.4. The number of amides is 2. The number of nitrogens with one attached hydrogen (secondary N) is 1. The lowest BCUT2D eigenvalue weighted by Crippen LogP contribution is -2.37. The summed E-state index contributed by atoms with van der Waals surface area (Å²) >= 11 is 0. The van der Waals surface area contributed by atoms with Gasteiger partial charge in [-0.2, -0.15) is 0 Å². The van der Waals surface area contributed by atoms with Crippen molar-refractivity contribution in [3.8, 4) is 5.69 Å². The topological polar surface area (TPSA) is 37.3 Å². The van der Waals surface area contributed by atoms with E-state index in [2.05, 4.69) is 65.5 Å². The summed E-state index contributed by atoms with van der Waals surface area (Å²) in [6.45, 7) is 2.60. The molecular formula is C26H23N3O. The molecule has 0 spiro atoms. The quantitative estimate of drug-likeness (QED) is 0.451. The fourth-order valence-corrected chi connectivity index (χ4v) is 4.16. The van der Waals surface area contributed by atoms with Crippen molar-refractivity contribution >= 4 is 11.7 Å². The van der Waals surface area contributed by atoms with Gasteiger partial charge in [0.05, 0.1) is 18.3 Å². The normalized spacial score (nSPS) is 15.1. The highest BCUT2D eigenvalue weighted by Crippen LogP contribution is 2.37. The van der Waals surface area contributed by atoms with Gasteiger partial charge in [0.15, 0.2) is 0 Å². The molecule has 4 aromatic rings. The van der Waals surface area contributed by atoms with Crippen LogP contribution in [0.4, 0.5) is 10.5 Å². The van der Waals surface area contributed by atoms with Crippen molar-refractivity contribution in [3.05, 3.63) is 120 Å². The first-order chi connectivity index (χ1) is 14.7. The Kier molecular flexibility index (Phi) is 4.60. The fraction of sp³-hybridized carbons (Fsp3) is 0.115. The maximum Gasteiger partial charge on any atom is 0.322 e. The van der Waals surface area contributed by atoms with Crippen LogP contribution >= 0.6 is 0 Å². The fourth-order valence-electron chi connectivity index (χ4n) is 4.16. The van der Waals surface area contributed by atoms with Gasteiger partial charge in [0.1, 0.15) is 0 Å². The zero-order chi connectivity index (χ0) is 20.5. The standard InChI is InChI=1S/C26H23N3O/c1-19-13-15-20(16-14-19)25-24-12-7-17-28(24)23-11-6-5-8-21(23)18-29(25)26(30)27-22-9-3-2-4-10-22/h2-17,25H,18H2,1H3,(H,27,30)/t25-/m0/s1. The molecule has 0 fully saturated rings. The molecule has 2 amide bonds. The van der Waals surface area contributed by atoms with Crippen molar-refractivity contribution in [3.63, 3.8) is 0 Å². The number of carbonyl (C=O) groups is 1. The van der Waals surface area contributed by atoms with E-state index >= 15 is 0 Å². The Morgan fingerprint density at radius 1 is 0.867 bits per heavy atom. The predicted molar refractivity (Wildman–Crippen MR) is 120 cm³/mol. The van der Waals surface area contributed by atoms with E-state index in [9.17, 15) is 4.79 Å². The number of carbonyl (C=O) groups excluding carboxylic acids is 1. The van der Waals surface area contributed by atoms with Crippen molar-refractivity contribution in [2.24, 2.45) is 0 Å². The molecule has 1 aliphatic rings. The van der Waals surface area contributed by atoms with Crippen molar-refractivity contribution in [2.75, 3.05) is 5.32 Å². The van der Waals surface area contributed by atoms with Gasteiger partial charge in [-0.15, -0.1) is 0 Å². The minimum absolute atomic E-state index is 0.115. The van der Waals surface area contributed by atoms with Crippen LogP contribution in [0.15, 0.2) is 97.2 Å². The average molecular weight is 393 g/mol. The summed E-state index contributed by atoms with van der Waals surface area (Å²) in [7, 11) is 0. The van der Waals surface area contributed by atoms with Crippen molar-refractivity contribution in [1.29, 1.82) is 0 Å². The molecule has 0 bridgehead atoms. The van der Waals surface area contributed by atoms with Gasteiger partial charge in [-0.1, -0.05) is 66.2 Å². The monoisotopic (exact) mass is 393 g/mol. The predicted octanol–water partition coefficient (Wildman–Crippen LogP) is 5.92. The number of aromatic nitrogens is 1. The van der Waals surface area contributed by atoms with Crippen LogP contribution in [0.2, 0.25) is 0 Å². The molecule has 0 radical (unpaired) electrons.